The van der Waals surface area contributed by atoms with E-state index in [1.807, 2.05) is 24.3 Å². The van der Waals surface area contributed by atoms with E-state index in [9.17, 15) is 18.0 Å². The van der Waals surface area contributed by atoms with Gasteiger partial charge in [-0.1, -0.05) is 22.4 Å². The van der Waals surface area contributed by atoms with Crippen molar-refractivity contribution in [3.63, 3.8) is 0 Å². The Hall–Kier alpha value is -1.24. The Kier molecular flexibility index (Phi) is 5.32. The number of halogens is 4. The molecule has 1 amide bonds. The number of nitrogens with zero attached hydrogens (tertiary/aromatic N) is 1. The van der Waals surface area contributed by atoms with E-state index < -0.39 is 17.5 Å². The van der Waals surface area contributed by atoms with Gasteiger partial charge in [-0.2, -0.15) is 13.2 Å². The topological polar surface area (TPSA) is 29.5 Å². The quantitative estimate of drug-likeness (QED) is 0.701. The predicted molar refractivity (Wildman–Crippen MR) is 91.3 cm³/mol. The molecule has 3 nitrogen and oxygen atoms in total. The first kappa shape index (κ1) is 18.5. The Labute approximate surface area is 153 Å². The molecule has 138 valence electrons. The largest absolute Gasteiger partial charge is 0.493 e. The summed E-state index contributed by atoms with van der Waals surface area (Å²) < 4.78 is 46.6. The summed E-state index contributed by atoms with van der Waals surface area (Å²) >= 11 is 3.36. The zero-order chi connectivity index (χ0) is 18.1. The lowest BCUT2D eigenvalue weighted by atomic mass is 9.67. The van der Waals surface area contributed by atoms with Crippen molar-refractivity contribution < 1.29 is 22.7 Å². The molecule has 2 fully saturated rings. The fourth-order valence-corrected chi connectivity index (χ4v) is 3.76. The number of benzene rings is 1. The molecule has 1 saturated carbocycles. The summed E-state index contributed by atoms with van der Waals surface area (Å²) in [5, 5.41) is 0. The Bertz CT molecular complexity index is 606. The van der Waals surface area contributed by atoms with Gasteiger partial charge in [0.25, 0.3) is 0 Å². The van der Waals surface area contributed by atoms with Crippen LogP contribution < -0.4 is 4.74 Å². The molecule has 0 radical (unpaired) electrons. The van der Waals surface area contributed by atoms with Crippen LogP contribution in [0.1, 0.15) is 32.1 Å². The molecule has 0 aromatic heterocycles. The molecule has 1 aromatic rings. The number of carbonyl (C=O) groups excluding carboxylic acids is 1. The van der Waals surface area contributed by atoms with Crippen LogP contribution in [0, 0.1) is 11.3 Å². The van der Waals surface area contributed by atoms with Gasteiger partial charge in [0, 0.05) is 17.6 Å². The van der Waals surface area contributed by atoms with Crippen LogP contribution in [0.2, 0.25) is 0 Å². The molecule has 0 unspecified atom stereocenters. The normalized spacial score (nSPS) is 20.9. The maximum atomic E-state index is 13.3. The van der Waals surface area contributed by atoms with Crippen molar-refractivity contribution in [2.75, 3.05) is 19.7 Å². The molecule has 3 rings (SSSR count). The van der Waals surface area contributed by atoms with Crippen LogP contribution in [-0.4, -0.2) is 36.7 Å². The fraction of sp³-hybridized carbons (Fsp3) is 0.611. The number of hydrogen-bond acceptors (Lipinski definition) is 2. The smallest absolute Gasteiger partial charge is 0.403 e. The average molecular weight is 420 g/mol. The maximum absolute atomic E-state index is 13.3. The first-order valence-electron chi connectivity index (χ1n) is 8.56. The molecule has 1 saturated heterocycles. The number of amides is 1. The molecule has 0 bridgehead atoms. The van der Waals surface area contributed by atoms with Crippen LogP contribution in [0.15, 0.2) is 28.7 Å². The van der Waals surface area contributed by atoms with Gasteiger partial charge in [0.05, 0.1) is 6.61 Å². The number of alkyl halides is 3. The van der Waals surface area contributed by atoms with E-state index in [0.29, 0.717) is 39.0 Å². The van der Waals surface area contributed by atoms with E-state index in [1.165, 1.54) is 4.90 Å². The molecular weight excluding hydrogens is 399 g/mol. The van der Waals surface area contributed by atoms with Crippen molar-refractivity contribution in [2.24, 2.45) is 11.3 Å². The van der Waals surface area contributed by atoms with Gasteiger partial charge in [-0.05, 0) is 55.9 Å². The first-order chi connectivity index (χ1) is 11.8. The molecule has 1 aliphatic heterocycles. The van der Waals surface area contributed by atoms with Crippen LogP contribution in [0.3, 0.4) is 0 Å². The minimum absolute atomic E-state index is 0.0675. The second-order valence-corrected chi connectivity index (χ2v) is 7.85. The summed E-state index contributed by atoms with van der Waals surface area (Å²) in [6.07, 6.45) is -2.75. The van der Waals surface area contributed by atoms with Crippen molar-refractivity contribution in [3.8, 4) is 5.75 Å². The zero-order valence-corrected chi connectivity index (χ0v) is 15.4. The van der Waals surface area contributed by atoms with Crippen molar-refractivity contribution in [1.82, 2.24) is 4.90 Å². The van der Waals surface area contributed by atoms with Gasteiger partial charge >= 0.3 is 6.18 Å². The lowest BCUT2D eigenvalue weighted by Crippen LogP contribution is -2.57. The van der Waals surface area contributed by atoms with Gasteiger partial charge in [0.1, 0.15) is 11.2 Å². The highest BCUT2D eigenvalue weighted by atomic mass is 79.9. The molecule has 0 spiro atoms. The Morgan fingerprint density at radius 3 is 2.28 bits per heavy atom. The van der Waals surface area contributed by atoms with Crippen LogP contribution in [0.25, 0.3) is 0 Å². The van der Waals surface area contributed by atoms with Crippen LogP contribution in [0.4, 0.5) is 13.2 Å². The van der Waals surface area contributed by atoms with Gasteiger partial charge in [0.2, 0.25) is 5.91 Å². The third-order valence-corrected chi connectivity index (χ3v) is 5.89. The maximum Gasteiger partial charge on any atom is 0.403 e. The van der Waals surface area contributed by atoms with Crippen LogP contribution in [0.5, 0.6) is 5.75 Å². The number of carbonyl (C=O) groups is 1. The molecule has 0 N–H and O–H groups in total. The van der Waals surface area contributed by atoms with E-state index >= 15 is 0 Å². The second-order valence-electron chi connectivity index (χ2n) is 6.93. The highest BCUT2D eigenvalue weighted by molar-refractivity contribution is 9.10. The lowest BCUT2D eigenvalue weighted by molar-refractivity contribution is -0.248. The molecule has 25 heavy (non-hydrogen) atoms. The number of piperidine rings is 1. The van der Waals surface area contributed by atoms with Gasteiger partial charge in [-0.15, -0.1) is 0 Å². The molecular formula is C18H21BrF3NO2. The van der Waals surface area contributed by atoms with Gasteiger partial charge < -0.3 is 9.64 Å². The third kappa shape index (κ3) is 3.81. The van der Waals surface area contributed by atoms with Gasteiger partial charge in [-0.25, -0.2) is 0 Å². The predicted octanol–water partition coefficient (Wildman–Crippen LogP) is 4.80. The molecule has 2 aliphatic rings. The summed E-state index contributed by atoms with van der Waals surface area (Å²) in [5.74, 6) is 0.307. The number of likely N-dealkylation sites (tertiary alicyclic amines) is 1. The summed E-state index contributed by atoms with van der Waals surface area (Å²) in [4.78, 5) is 13.8. The molecule has 1 heterocycles. The highest BCUT2D eigenvalue weighted by Crippen LogP contribution is 2.54. The molecule has 7 heteroatoms. The van der Waals surface area contributed by atoms with E-state index in [0.717, 1.165) is 10.2 Å². The first-order valence-corrected chi connectivity index (χ1v) is 9.36. The van der Waals surface area contributed by atoms with Crippen molar-refractivity contribution in [2.45, 2.75) is 38.3 Å². The van der Waals surface area contributed by atoms with Crippen LogP contribution >= 0.6 is 15.9 Å². The number of hydrogen-bond donors (Lipinski definition) is 0. The van der Waals surface area contributed by atoms with E-state index in [4.69, 9.17) is 4.74 Å². The van der Waals surface area contributed by atoms with Crippen LogP contribution in [-0.2, 0) is 4.79 Å². The fourth-order valence-electron chi connectivity index (χ4n) is 3.50. The van der Waals surface area contributed by atoms with Crippen molar-refractivity contribution in [3.05, 3.63) is 28.7 Å². The standard InChI is InChI=1S/C18H21BrF3NO2/c19-14-2-4-15(5-3-14)25-12-13-6-10-23(11-7-13)16(24)17(8-1-9-17)18(20,21)22/h2-5,13H,1,6-12H2. The van der Waals surface area contributed by atoms with Crippen molar-refractivity contribution in [1.29, 1.82) is 0 Å². The number of rotatable bonds is 4. The molecule has 0 atom stereocenters. The van der Waals surface area contributed by atoms with E-state index in [-0.39, 0.29) is 18.8 Å². The van der Waals surface area contributed by atoms with E-state index in [1.54, 1.807) is 0 Å². The second kappa shape index (κ2) is 7.17. The molecule has 1 aromatic carbocycles. The minimum atomic E-state index is -4.44. The third-order valence-electron chi connectivity index (χ3n) is 5.36. The minimum Gasteiger partial charge on any atom is -0.493 e. The zero-order valence-electron chi connectivity index (χ0n) is 13.8. The SMILES string of the molecule is O=C(N1CCC(COc2ccc(Br)cc2)CC1)C1(C(F)(F)F)CCC1. The Morgan fingerprint density at radius 2 is 1.80 bits per heavy atom. The van der Waals surface area contributed by atoms with Gasteiger partial charge in [-0.3, -0.25) is 4.79 Å². The lowest BCUT2D eigenvalue weighted by Gasteiger charge is -2.45. The summed E-state index contributed by atoms with van der Waals surface area (Å²) in [7, 11) is 0. The summed E-state index contributed by atoms with van der Waals surface area (Å²) in [5.41, 5.74) is -2.12. The van der Waals surface area contributed by atoms with Crippen molar-refractivity contribution >= 4 is 21.8 Å². The van der Waals surface area contributed by atoms with Gasteiger partial charge in [0.15, 0.2) is 0 Å². The van der Waals surface area contributed by atoms with E-state index in [2.05, 4.69) is 15.9 Å². The Morgan fingerprint density at radius 1 is 1.20 bits per heavy atom. The monoisotopic (exact) mass is 419 g/mol. The highest BCUT2D eigenvalue weighted by Gasteiger charge is 2.64. The Balaban J connectivity index is 1.50. The molecule has 1 aliphatic carbocycles. The number of ether oxygens (including phenoxy) is 1. The summed E-state index contributed by atoms with van der Waals surface area (Å²) in [6.45, 7) is 1.28. The summed E-state index contributed by atoms with van der Waals surface area (Å²) in [6, 6.07) is 7.52. The average Bonchev–Trinajstić information content (AvgIpc) is 2.52.